The number of furan rings is 1. The molecular formula is C57H47IrN4O. The summed E-state index contributed by atoms with van der Waals surface area (Å²) in [7, 11) is 0. The summed E-state index contributed by atoms with van der Waals surface area (Å²) in [6.45, 7) is 12.5. The number of pyridine rings is 3. The molecule has 5 nitrogen and oxygen atoms in total. The van der Waals surface area contributed by atoms with E-state index in [-0.39, 0.29) is 65.4 Å². The van der Waals surface area contributed by atoms with E-state index in [1.54, 1.807) is 87.5 Å². The number of rotatable bonds is 13. The molecule has 0 unspecified atom stereocenters. The van der Waals surface area contributed by atoms with Crippen LogP contribution in [0.1, 0.15) is 80.3 Å². The smallest absolute Gasteiger partial charge is 0.502 e. The van der Waals surface area contributed by atoms with E-state index in [4.69, 9.17) is 12.4 Å². The molecule has 63 heavy (non-hydrogen) atoms. The van der Waals surface area contributed by atoms with Crippen molar-refractivity contribution >= 4 is 27.6 Å². The Hall–Kier alpha value is -6.51. The summed E-state index contributed by atoms with van der Waals surface area (Å²) in [5.41, 5.74) is -2.05. The number of fused-ring (bicyclic) bond motifs is 3. The molecule has 0 fully saturated rings. The van der Waals surface area contributed by atoms with Gasteiger partial charge in [0.15, 0.2) is 5.69 Å². The van der Waals surface area contributed by atoms with E-state index < -0.39 is 72.3 Å². The van der Waals surface area contributed by atoms with E-state index in [9.17, 15) is 19.2 Å². The predicted octanol–water partition coefficient (Wildman–Crippen LogP) is 13.7. The second-order valence-electron chi connectivity index (χ2n) is 15.3. The Kier molecular flexibility index (Phi) is 8.63. The van der Waals surface area contributed by atoms with Gasteiger partial charge in [-0.15, -0.1) is 90.0 Å². The normalized spacial score (nSPS) is 16.5. The minimum atomic E-state index is -3.38. The Bertz CT molecular complexity index is 3620. The van der Waals surface area contributed by atoms with Gasteiger partial charge in [0.05, 0.1) is 12.2 Å². The summed E-state index contributed by atoms with van der Waals surface area (Å²) in [6.07, 6.45) is -18.3. The predicted molar refractivity (Wildman–Crippen MR) is 251 cm³/mol. The molecule has 0 atom stereocenters. The molecule has 0 saturated carbocycles. The van der Waals surface area contributed by atoms with Crippen molar-refractivity contribution in [1.82, 2.24) is 15.0 Å². The van der Waals surface area contributed by atoms with Crippen molar-refractivity contribution in [1.29, 1.82) is 0 Å². The zero-order valence-electron chi connectivity index (χ0n) is 49.3. The summed E-state index contributed by atoms with van der Waals surface area (Å²) in [6, 6.07) is 38.7. The topological polar surface area (TPSA) is 56.2 Å². The van der Waals surface area contributed by atoms with Crippen molar-refractivity contribution in [3.63, 3.8) is 0 Å². The van der Waals surface area contributed by atoms with Crippen molar-refractivity contribution in [3.8, 4) is 33.8 Å². The molecule has 0 N–H and O–H groups in total. The summed E-state index contributed by atoms with van der Waals surface area (Å²) < 4.78 is 148. The van der Waals surface area contributed by atoms with Gasteiger partial charge in [-0.25, -0.2) is 4.85 Å². The third-order valence-corrected chi connectivity index (χ3v) is 9.62. The van der Waals surface area contributed by atoms with E-state index in [1.807, 2.05) is 0 Å². The van der Waals surface area contributed by atoms with Crippen molar-refractivity contribution < 1.29 is 45.1 Å². The van der Waals surface area contributed by atoms with Gasteiger partial charge < -0.3 is 19.4 Å². The number of aryl methyl sites for hydroxylation is 6. The zero-order chi connectivity index (χ0) is 55.9. The van der Waals surface area contributed by atoms with E-state index in [0.717, 1.165) is 36.8 Å². The van der Waals surface area contributed by atoms with Crippen molar-refractivity contribution in [2.45, 2.75) is 65.4 Å². The molecule has 0 aliphatic carbocycles. The van der Waals surface area contributed by atoms with Gasteiger partial charge in [0.2, 0.25) is 0 Å². The van der Waals surface area contributed by atoms with Gasteiger partial charge in [-0.2, -0.15) is 0 Å². The molecule has 5 aromatic carbocycles. The number of benzene rings is 5. The quantitative estimate of drug-likeness (QED) is 0.108. The van der Waals surface area contributed by atoms with E-state index in [2.05, 4.69) is 38.0 Å². The molecule has 0 aliphatic heterocycles. The van der Waals surface area contributed by atoms with E-state index >= 15 is 0 Å². The largest absolute Gasteiger partial charge is 3.00 e. The van der Waals surface area contributed by atoms with Gasteiger partial charge in [0.25, 0.3) is 0 Å². The fraction of sp³-hybridized carbons (Fsp3) is 0.193. The fourth-order valence-electron chi connectivity index (χ4n) is 6.82. The van der Waals surface area contributed by atoms with Crippen molar-refractivity contribution in [2.24, 2.45) is 5.41 Å². The Morgan fingerprint density at radius 2 is 1.21 bits per heavy atom. The summed E-state index contributed by atoms with van der Waals surface area (Å²) in [5.74, 6) is 0. The van der Waals surface area contributed by atoms with Crippen LogP contribution in [-0.2, 0) is 64.7 Å². The third kappa shape index (κ3) is 10.2. The molecular weight excluding hydrogens is 949 g/mol. The molecule has 0 bridgehead atoms. The van der Waals surface area contributed by atoms with E-state index in [1.165, 1.54) is 36.4 Å². The summed E-state index contributed by atoms with van der Waals surface area (Å²) in [5, 5.41) is 0.808. The van der Waals surface area contributed by atoms with Gasteiger partial charge in [-0.3, -0.25) is 0 Å². The van der Waals surface area contributed by atoms with E-state index in [0.29, 0.717) is 38.9 Å². The van der Waals surface area contributed by atoms with Crippen molar-refractivity contribution in [3.05, 3.63) is 215 Å². The SMILES string of the molecule is [2H]c1ccc2oc3c(-c4cc(C([2H])([2H])C(C)(C)C)c(C([2H])([2H])C([2H])([2H])c5cc(C([2H])([2H])C([2H])([2H])c6ccc(-c7[c-]cccc7)nc6)cc(C([2H])([2H])C([2H])([2H])c6ccc(-c7[c-]cccc7)nc6)c5)cn4)[c-]ccc3c2c1[N+]#[C-].[Ir+3]. The number of hydrogen-bond donors (Lipinski definition) is 0. The Morgan fingerprint density at radius 1 is 0.619 bits per heavy atom. The third-order valence-electron chi connectivity index (χ3n) is 9.62. The summed E-state index contributed by atoms with van der Waals surface area (Å²) >= 11 is 0. The van der Waals surface area contributed by atoms with Gasteiger partial charge in [-0.05, 0) is 112 Å². The van der Waals surface area contributed by atoms with Crippen LogP contribution in [0.4, 0.5) is 5.69 Å². The molecule has 0 amide bonds. The van der Waals surface area contributed by atoms with Crippen LogP contribution in [0.2, 0.25) is 0 Å². The zero-order valence-corrected chi connectivity index (χ0v) is 36.7. The maximum absolute atomic E-state index is 9.78. The standard InChI is InChI=1S/C57H47N4O.Ir/c1-57(2,3)35-47-34-53(48-17-11-18-49-55-52(58-4)19-12-20-54(55)62-56(48)49)61-38-46(47)28-25-43-32-41(23-21-39-26-29-50(59-36-39)44-13-7-5-8-14-44)31-42(33-43)24-22-40-27-30-51(60-37-40)45-15-9-6-10-16-45;/h5-13,15,18-20,26-27,29-34,36-38H,21-25,28,35H2,1-3H3;/q-3;+3/i19D,21D2,22D2,23D2,24D2,25D2,28D2,35D2;. The first kappa shape index (κ1) is 28.2. The van der Waals surface area contributed by atoms with Gasteiger partial charge >= 0.3 is 20.1 Å². The van der Waals surface area contributed by atoms with Gasteiger partial charge in [0.1, 0.15) is 5.58 Å². The van der Waals surface area contributed by atoms with Crippen LogP contribution in [0.3, 0.4) is 0 Å². The minimum absolute atomic E-state index is 0. The first-order valence-electron chi connectivity index (χ1n) is 27.3. The van der Waals surface area contributed by atoms with Crippen LogP contribution >= 0.6 is 0 Å². The first-order valence-corrected chi connectivity index (χ1v) is 19.8. The Balaban J connectivity index is 0.00000803. The summed E-state index contributed by atoms with van der Waals surface area (Å²) in [4.78, 5) is 16.9. The van der Waals surface area contributed by atoms with Crippen LogP contribution in [0.5, 0.6) is 0 Å². The van der Waals surface area contributed by atoms with Crippen LogP contribution < -0.4 is 0 Å². The minimum Gasteiger partial charge on any atom is -0.502 e. The molecule has 0 saturated heterocycles. The van der Waals surface area contributed by atoms with Crippen LogP contribution in [0.25, 0.3) is 60.6 Å². The monoisotopic (exact) mass is 1010 g/mol. The second-order valence-corrected chi connectivity index (χ2v) is 15.3. The molecule has 0 radical (unpaired) electrons. The maximum atomic E-state index is 9.78. The van der Waals surface area contributed by atoms with Crippen LogP contribution in [-0.4, -0.2) is 15.0 Å². The van der Waals surface area contributed by atoms with Crippen molar-refractivity contribution in [2.75, 3.05) is 0 Å². The molecule has 4 aromatic heterocycles. The number of hydrogen-bond acceptors (Lipinski definition) is 4. The number of nitrogens with zero attached hydrogens (tertiary/aromatic N) is 4. The van der Waals surface area contributed by atoms with Gasteiger partial charge in [-0.1, -0.05) is 92.4 Å². The molecule has 0 aliphatic rings. The fourth-order valence-corrected chi connectivity index (χ4v) is 6.82. The van der Waals surface area contributed by atoms with Crippen LogP contribution in [0, 0.1) is 30.2 Å². The Labute approximate surface area is 405 Å². The van der Waals surface area contributed by atoms with Gasteiger partial charge in [0, 0.05) is 44.5 Å². The molecule has 6 heteroatoms. The average molecular weight is 1010 g/mol. The maximum Gasteiger partial charge on any atom is 3.00 e. The molecule has 4 heterocycles. The molecule has 9 rings (SSSR count). The number of aromatic nitrogens is 3. The first-order chi connectivity index (χ1) is 36.0. The van der Waals surface area contributed by atoms with Crippen LogP contribution in [0.15, 0.2) is 150 Å². The second kappa shape index (κ2) is 19.3. The Morgan fingerprint density at radius 3 is 1.75 bits per heavy atom. The molecule has 9 aromatic rings. The molecule has 310 valence electrons. The average Bonchev–Trinajstić information content (AvgIpc) is 3.79. The molecule has 0 spiro atoms.